The van der Waals surface area contributed by atoms with Crippen LogP contribution in [0.25, 0.3) is 0 Å². The van der Waals surface area contributed by atoms with Crippen molar-refractivity contribution >= 4 is 15.7 Å². The smallest absolute Gasteiger partial charge is 0.262 e. The van der Waals surface area contributed by atoms with Crippen molar-refractivity contribution in [3.63, 3.8) is 0 Å². The number of hydrogen-bond donors (Lipinski definition) is 1. The van der Waals surface area contributed by atoms with Gasteiger partial charge >= 0.3 is 0 Å². The lowest BCUT2D eigenvalue weighted by atomic mass is 10.0. The Hall–Kier alpha value is -2.16. The Bertz CT molecular complexity index is 932. The van der Waals surface area contributed by atoms with Gasteiger partial charge in [0.25, 0.3) is 10.0 Å². The lowest BCUT2D eigenvalue weighted by Gasteiger charge is -2.17. The molecule has 0 unspecified atom stereocenters. The maximum Gasteiger partial charge on any atom is 0.262 e. The molecule has 0 aliphatic heterocycles. The van der Waals surface area contributed by atoms with Crippen molar-refractivity contribution in [2.24, 2.45) is 0 Å². The van der Waals surface area contributed by atoms with E-state index in [1.807, 2.05) is 0 Å². The predicted molar refractivity (Wildman–Crippen MR) is 82.4 cm³/mol. The van der Waals surface area contributed by atoms with Crippen LogP contribution < -0.4 is 4.72 Å². The second kappa shape index (κ2) is 6.29. The Kier molecular flexibility index (Phi) is 4.82. The highest BCUT2D eigenvalue weighted by Crippen LogP contribution is 2.32. The van der Waals surface area contributed by atoms with Crippen molar-refractivity contribution in [2.75, 3.05) is 4.72 Å². The molecule has 0 saturated carbocycles. The highest BCUT2D eigenvalue weighted by molar-refractivity contribution is 7.92. The molecule has 0 bridgehead atoms. The van der Waals surface area contributed by atoms with Gasteiger partial charge in [0.05, 0.1) is 4.90 Å². The first-order chi connectivity index (χ1) is 11.4. The Morgan fingerprint density at radius 3 is 1.48 bits per heavy atom. The Morgan fingerprint density at radius 2 is 1.08 bits per heavy atom. The van der Waals surface area contributed by atoms with E-state index in [0.717, 1.165) is 0 Å². The minimum Gasteiger partial charge on any atom is -0.274 e. The highest BCUT2D eigenvalue weighted by Gasteiger charge is 2.30. The molecule has 0 amide bonds. The predicted octanol–water partition coefficient (Wildman–Crippen LogP) is 4.42. The molecular weight excluding hydrogens is 365 g/mol. The second-order valence-electron chi connectivity index (χ2n) is 5.64. The van der Waals surface area contributed by atoms with E-state index in [1.165, 1.54) is 18.6 Å². The Morgan fingerprint density at radius 1 is 0.720 bits per heavy atom. The first-order valence-electron chi connectivity index (χ1n) is 7.01. The molecule has 25 heavy (non-hydrogen) atoms. The molecule has 3 nitrogen and oxygen atoms in total. The van der Waals surface area contributed by atoms with Crippen molar-refractivity contribution in [2.45, 2.75) is 32.6 Å². The summed E-state index contributed by atoms with van der Waals surface area (Å²) in [6, 6.07) is 1.72. The fourth-order valence-electron chi connectivity index (χ4n) is 2.46. The van der Waals surface area contributed by atoms with Crippen molar-refractivity contribution < 1.29 is 30.4 Å². The van der Waals surface area contributed by atoms with Crippen molar-refractivity contribution in [3.8, 4) is 0 Å². The van der Waals surface area contributed by atoms with Crippen LogP contribution in [0, 0.1) is 56.8 Å². The Labute approximate surface area is 141 Å². The monoisotopic (exact) mass is 379 g/mol. The van der Waals surface area contributed by atoms with Crippen molar-refractivity contribution in [1.82, 2.24) is 0 Å². The minimum absolute atomic E-state index is 0.269. The topological polar surface area (TPSA) is 46.2 Å². The number of anilines is 1. The quantitative estimate of drug-likeness (QED) is 0.488. The summed E-state index contributed by atoms with van der Waals surface area (Å²) in [5.41, 5.74) is 0.190. The Balaban J connectivity index is 2.71. The van der Waals surface area contributed by atoms with Gasteiger partial charge in [0.2, 0.25) is 5.82 Å². The van der Waals surface area contributed by atoms with Gasteiger partial charge in [-0.05, 0) is 49.9 Å². The standard InChI is InChI=1S/C16H14F5NO2S/c1-6-5-7(2)9(4)16(8(6)3)25(23,24)22-15-13(20)11(18)10(17)12(19)14(15)21/h5,22H,1-4H3. The number of rotatable bonds is 3. The number of nitrogens with one attached hydrogen (secondary N) is 1. The molecule has 0 aliphatic carbocycles. The first kappa shape index (κ1) is 19.2. The van der Waals surface area contributed by atoms with Crippen LogP contribution in [-0.4, -0.2) is 8.42 Å². The number of aryl methyl sites for hydroxylation is 2. The fourth-order valence-corrected chi connectivity index (χ4v) is 4.14. The van der Waals surface area contributed by atoms with E-state index < -0.39 is 44.8 Å². The third kappa shape index (κ3) is 3.08. The molecule has 9 heteroatoms. The fraction of sp³-hybridized carbons (Fsp3) is 0.250. The molecule has 0 aliphatic rings. The summed E-state index contributed by atoms with van der Waals surface area (Å²) in [7, 11) is -4.60. The SMILES string of the molecule is Cc1cc(C)c(C)c(S(=O)(=O)Nc2c(F)c(F)c(F)c(F)c2F)c1C. The molecule has 2 aromatic carbocycles. The van der Waals surface area contributed by atoms with Crippen LogP contribution in [-0.2, 0) is 10.0 Å². The first-order valence-corrected chi connectivity index (χ1v) is 8.50. The van der Waals surface area contributed by atoms with Crippen molar-refractivity contribution in [3.05, 3.63) is 57.4 Å². The van der Waals surface area contributed by atoms with E-state index in [9.17, 15) is 30.4 Å². The molecule has 0 heterocycles. The molecule has 0 saturated heterocycles. The van der Waals surface area contributed by atoms with Gasteiger partial charge in [0.15, 0.2) is 23.3 Å². The molecule has 0 fully saturated rings. The molecule has 0 spiro atoms. The van der Waals surface area contributed by atoms with Gasteiger partial charge in [-0.1, -0.05) is 6.07 Å². The van der Waals surface area contributed by atoms with Crippen LogP contribution in [0.2, 0.25) is 0 Å². The zero-order valence-electron chi connectivity index (χ0n) is 13.7. The average Bonchev–Trinajstić information content (AvgIpc) is 2.53. The van der Waals surface area contributed by atoms with E-state index in [2.05, 4.69) is 0 Å². The molecule has 2 aromatic rings. The van der Waals surface area contributed by atoms with Gasteiger partial charge in [0.1, 0.15) is 5.69 Å². The van der Waals surface area contributed by atoms with Crippen LogP contribution in [0.1, 0.15) is 22.3 Å². The zero-order valence-corrected chi connectivity index (χ0v) is 14.5. The maximum atomic E-state index is 13.8. The normalized spacial score (nSPS) is 11.7. The highest BCUT2D eigenvalue weighted by atomic mass is 32.2. The van der Waals surface area contributed by atoms with Gasteiger partial charge < -0.3 is 0 Å². The molecule has 136 valence electrons. The van der Waals surface area contributed by atoms with Crippen molar-refractivity contribution in [1.29, 1.82) is 0 Å². The molecular formula is C16H14F5NO2S. The van der Waals surface area contributed by atoms with Crippen LogP contribution in [0.5, 0.6) is 0 Å². The van der Waals surface area contributed by atoms with E-state index in [0.29, 0.717) is 22.3 Å². The van der Waals surface area contributed by atoms with Crippen LogP contribution in [0.4, 0.5) is 27.6 Å². The van der Waals surface area contributed by atoms with Gasteiger partial charge in [-0.3, -0.25) is 4.72 Å². The number of benzene rings is 2. The number of hydrogen-bond acceptors (Lipinski definition) is 2. The second-order valence-corrected chi connectivity index (χ2v) is 7.26. The number of sulfonamides is 1. The largest absolute Gasteiger partial charge is 0.274 e. The molecule has 2 rings (SSSR count). The summed E-state index contributed by atoms with van der Waals surface area (Å²) < 4.78 is 93.8. The van der Waals surface area contributed by atoms with Crippen LogP contribution >= 0.6 is 0 Å². The van der Waals surface area contributed by atoms with E-state index in [-0.39, 0.29) is 4.90 Å². The molecule has 0 aromatic heterocycles. The van der Waals surface area contributed by atoms with Gasteiger partial charge in [-0.15, -0.1) is 0 Å². The van der Waals surface area contributed by atoms with E-state index in [1.54, 1.807) is 19.9 Å². The summed E-state index contributed by atoms with van der Waals surface area (Å²) in [5, 5.41) is 0. The van der Waals surface area contributed by atoms with Gasteiger partial charge in [0, 0.05) is 0 Å². The van der Waals surface area contributed by atoms with Crippen LogP contribution in [0.15, 0.2) is 11.0 Å². The maximum absolute atomic E-state index is 13.8. The summed E-state index contributed by atoms with van der Waals surface area (Å²) in [5.74, 6) is -11.3. The van der Waals surface area contributed by atoms with Gasteiger partial charge in [-0.2, -0.15) is 0 Å². The van der Waals surface area contributed by atoms with Crippen LogP contribution in [0.3, 0.4) is 0 Å². The summed E-state index contributed by atoms with van der Waals surface area (Å²) in [6.45, 7) is 6.24. The summed E-state index contributed by atoms with van der Waals surface area (Å²) >= 11 is 0. The minimum atomic E-state index is -4.60. The molecule has 1 N–H and O–H groups in total. The molecule has 0 atom stereocenters. The molecule has 0 radical (unpaired) electrons. The van der Waals surface area contributed by atoms with E-state index >= 15 is 0 Å². The number of halogens is 5. The summed E-state index contributed by atoms with van der Waals surface area (Å²) in [6.07, 6.45) is 0. The zero-order chi connectivity index (χ0) is 19.3. The summed E-state index contributed by atoms with van der Waals surface area (Å²) in [4.78, 5) is -0.269. The van der Waals surface area contributed by atoms with E-state index in [4.69, 9.17) is 0 Å². The third-order valence-electron chi connectivity index (χ3n) is 4.01. The lowest BCUT2D eigenvalue weighted by molar-refractivity contribution is 0.382. The third-order valence-corrected chi connectivity index (χ3v) is 5.63. The van der Waals surface area contributed by atoms with Gasteiger partial charge in [-0.25, -0.2) is 30.4 Å². The lowest BCUT2D eigenvalue weighted by Crippen LogP contribution is -2.20. The average molecular weight is 379 g/mol.